The third-order valence-corrected chi connectivity index (χ3v) is 1.83. The van der Waals surface area contributed by atoms with Crippen molar-refractivity contribution in [3.05, 3.63) is 29.3 Å². The molecule has 0 radical (unpaired) electrons. The fraction of sp³-hybridized carbons (Fsp3) is 0.222. The van der Waals surface area contributed by atoms with Gasteiger partial charge in [-0.1, -0.05) is 0 Å². The molecule has 1 rings (SSSR count). The molecule has 4 N–H and O–H groups in total. The Hall–Kier alpha value is -1.46. The van der Waals surface area contributed by atoms with Crippen molar-refractivity contribution in [2.24, 2.45) is 5.73 Å². The number of phenols is 1. The zero-order valence-corrected chi connectivity index (χ0v) is 7.27. The molecular formula is C9H10FNO3. The molecule has 4 nitrogen and oxygen atoms in total. The summed E-state index contributed by atoms with van der Waals surface area (Å²) in [6.45, 7) is -1.25. The van der Waals surface area contributed by atoms with Crippen molar-refractivity contribution in [2.75, 3.05) is 6.67 Å². The molecule has 0 spiro atoms. The van der Waals surface area contributed by atoms with E-state index in [2.05, 4.69) is 0 Å². The van der Waals surface area contributed by atoms with E-state index >= 15 is 0 Å². The molecule has 0 aliphatic carbocycles. The van der Waals surface area contributed by atoms with E-state index in [1.165, 1.54) is 12.1 Å². The number of hydrogen-bond acceptors (Lipinski definition) is 4. The highest BCUT2D eigenvalue weighted by atomic mass is 19.1. The fourth-order valence-corrected chi connectivity index (χ4v) is 1.05. The van der Waals surface area contributed by atoms with Crippen LogP contribution in [0.5, 0.6) is 5.75 Å². The van der Waals surface area contributed by atoms with Gasteiger partial charge in [-0.05, 0) is 18.2 Å². The Balaban J connectivity index is 3.25. The maximum absolute atomic E-state index is 12.3. The van der Waals surface area contributed by atoms with E-state index in [1.807, 2.05) is 0 Å². The van der Waals surface area contributed by atoms with Crippen LogP contribution in [0.1, 0.15) is 15.9 Å². The summed E-state index contributed by atoms with van der Waals surface area (Å²) in [6, 6.07) is 3.65. The summed E-state index contributed by atoms with van der Waals surface area (Å²) in [5.41, 5.74) is 2.91. The van der Waals surface area contributed by atoms with E-state index in [0.717, 1.165) is 6.07 Å². The van der Waals surface area contributed by atoms with Gasteiger partial charge >= 0.3 is 0 Å². The molecule has 1 aromatic carbocycles. The second kappa shape index (κ2) is 3.73. The monoisotopic (exact) mass is 199 g/mol. The van der Waals surface area contributed by atoms with Crippen LogP contribution in [0.15, 0.2) is 18.2 Å². The Morgan fingerprint density at radius 2 is 2.21 bits per heavy atom. The molecule has 0 aliphatic rings. The van der Waals surface area contributed by atoms with Crippen molar-refractivity contribution in [3.63, 3.8) is 0 Å². The highest BCUT2D eigenvalue weighted by Gasteiger charge is 2.27. The molecular weight excluding hydrogens is 189 g/mol. The van der Waals surface area contributed by atoms with Crippen LogP contribution in [-0.2, 0) is 5.72 Å². The Kier molecular flexibility index (Phi) is 2.83. The van der Waals surface area contributed by atoms with E-state index in [9.17, 15) is 19.4 Å². The molecule has 1 aromatic rings. The zero-order valence-electron chi connectivity index (χ0n) is 7.27. The Labute approximate surface area is 79.8 Å². The predicted octanol–water partition coefficient (Wildman–Crippen LogP) is 0.278. The van der Waals surface area contributed by atoms with E-state index in [0.29, 0.717) is 6.29 Å². The summed E-state index contributed by atoms with van der Waals surface area (Å²) in [6.07, 6.45) is 0.511. The van der Waals surface area contributed by atoms with Gasteiger partial charge in [0.25, 0.3) is 0 Å². The summed E-state index contributed by atoms with van der Waals surface area (Å²) in [5.74, 6) is -0.349. The van der Waals surface area contributed by atoms with Gasteiger partial charge in [0, 0.05) is 11.1 Å². The lowest BCUT2D eigenvalue weighted by Gasteiger charge is -2.20. The smallest absolute Gasteiger partial charge is 0.172 e. The number of aromatic hydroxyl groups is 1. The van der Waals surface area contributed by atoms with Crippen LogP contribution in [0, 0.1) is 0 Å². The van der Waals surface area contributed by atoms with E-state index in [1.54, 1.807) is 0 Å². The van der Waals surface area contributed by atoms with Crippen molar-refractivity contribution in [1.29, 1.82) is 0 Å². The number of halogens is 1. The average Bonchev–Trinajstić information content (AvgIpc) is 2.18. The number of benzene rings is 1. The van der Waals surface area contributed by atoms with Crippen LogP contribution >= 0.6 is 0 Å². The minimum absolute atomic E-state index is 0.204. The molecule has 0 aliphatic heterocycles. The minimum atomic E-state index is -2.26. The Morgan fingerprint density at radius 3 is 2.71 bits per heavy atom. The number of aldehydes is 1. The summed E-state index contributed by atoms with van der Waals surface area (Å²) in [7, 11) is 0. The minimum Gasteiger partial charge on any atom is -0.508 e. The number of hydrogen-bond donors (Lipinski definition) is 3. The average molecular weight is 199 g/mol. The first-order valence-corrected chi connectivity index (χ1v) is 3.87. The molecule has 1 atom stereocenters. The third kappa shape index (κ3) is 1.89. The van der Waals surface area contributed by atoms with E-state index in [4.69, 9.17) is 5.73 Å². The number of aliphatic hydroxyl groups is 1. The molecule has 0 saturated carbocycles. The number of carbonyl (C=O) groups is 1. The molecule has 0 aromatic heterocycles. The summed E-state index contributed by atoms with van der Waals surface area (Å²) in [4.78, 5) is 10.4. The summed E-state index contributed by atoms with van der Waals surface area (Å²) in [5, 5.41) is 18.6. The first-order valence-electron chi connectivity index (χ1n) is 3.87. The van der Waals surface area contributed by atoms with Crippen LogP contribution in [0.4, 0.5) is 4.39 Å². The van der Waals surface area contributed by atoms with Crippen molar-refractivity contribution in [2.45, 2.75) is 5.72 Å². The molecule has 0 fully saturated rings. The second-order valence-corrected chi connectivity index (χ2v) is 2.95. The van der Waals surface area contributed by atoms with Gasteiger partial charge in [-0.2, -0.15) is 0 Å². The first kappa shape index (κ1) is 10.6. The van der Waals surface area contributed by atoms with Crippen molar-refractivity contribution in [1.82, 2.24) is 0 Å². The normalized spacial score (nSPS) is 14.8. The van der Waals surface area contributed by atoms with Gasteiger partial charge in [0.1, 0.15) is 18.7 Å². The van der Waals surface area contributed by atoms with Crippen LogP contribution in [-0.4, -0.2) is 23.2 Å². The van der Waals surface area contributed by atoms with E-state index in [-0.39, 0.29) is 16.9 Å². The van der Waals surface area contributed by atoms with Crippen molar-refractivity contribution >= 4 is 6.29 Å². The van der Waals surface area contributed by atoms with Gasteiger partial charge in [-0.3, -0.25) is 10.5 Å². The standard InChI is InChI=1S/C9H10FNO3/c10-5-9(11,14)7-3-6(4-12)1-2-8(7)13/h1-4,13-14H,5,11H2/t9-/m1/s1. The number of carbonyl (C=O) groups excluding carboxylic acids is 1. The molecule has 0 saturated heterocycles. The van der Waals surface area contributed by atoms with Gasteiger partial charge in [-0.15, -0.1) is 0 Å². The molecule has 0 unspecified atom stereocenters. The summed E-state index contributed by atoms with van der Waals surface area (Å²) >= 11 is 0. The van der Waals surface area contributed by atoms with Crippen LogP contribution in [0.3, 0.4) is 0 Å². The van der Waals surface area contributed by atoms with Crippen LogP contribution < -0.4 is 5.73 Å². The zero-order chi connectivity index (χ0) is 10.8. The predicted molar refractivity (Wildman–Crippen MR) is 47.6 cm³/mol. The number of rotatable bonds is 3. The van der Waals surface area contributed by atoms with Crippen LogP contribution in [0.25, 0.3) is 0 Å². The maximum atomic E-state index is 12.3. The molecule has 0 amide bonds. The third-order valence-electron chi connectivity index (χ3n) is 1.83. The van der Waals surface area contributed by atoms with Crippen molar-refractivity contribution < 1.29 is 19.4 Å². The van der Waals surface area contributed by atoms with Gasteiger partial charge in [0.2, 0.25) is 0 Å². The van der Waals surface area contributed by atoms with Gasteiger partial charge < -0.3 is 10.2 Å². The number of nitrogens with two attached hydrogens (primary N) is 1. The Morgan fingerprint density at radius 1 is 1.57 bits per heavy atom. The highest BCUT2D eigenvalue weighted by molar-refractivity contribution is 5.75. The van der Waals surface area contributed by atoms with Crippen molar-refractivity contribution in [3.8, 4) is 5.75 Å². The lowest BCUT2D eigenvalue weighted by Crippen LogP contribution is -2.38. The van der Waals surface area contributed by atoms with E-state index < -0.39 is 12.4 Å². The Bertz CT molecular complexity index is 352. The molecule has 76 valence electrons. The van der Waals surface area contributed by atoms with Crippen LogP contribution in [0.2, 0.25) is 0 Å². The van der Waals surface area contributed by atoms with Gasteiger partial charge in [-0.25, -0.2) is 4.39 Å². The number of phenolic OH excluding ortho intramolecular Hbond substituents is 1. The lowest BCUT2D eigenvalue weighted by atomic mass is 10.0. The molecule has 0 bridgehead atoms. The highest BCUT2D eigenvalue weighted by Crippen LogP contribution is 2.26. The molecule has 5 heteroatoms. The summed E-state index contributed by atoms with van der Waals surface area (Å²) < 4.78 is 12.3. The largest absolute Gasteiger partial charge is 0.508 e. The van der Waals surface area contributed by atoms with Gasteiger partial charge in [0.05, 0.1) is 0 Å². The second-order valence-electron chi connectivity index (χ2n) is 2.95. The lowest BCUT2D eigenvalue weighted by molar-refractivity contribution is 0.0153. The number of alkyl halides is 1. The fourth-order valence-electron chi connectivity index (χ4n) is 1.05. The molecule has 14 heavy (non-hydrogen) atoms. The first-order chi connectivity index (χ1) is 6.51. The molecule has 0 heterocycles. The topological polar surface area (TPSA) is 83.5 Å². The van der Waals surface area contributed by atoms with Gasteiger partial charge in [0.15, 0.2) is 5.72 Å². The quantitative estimate of drug-likeness (QED) is 0.482. The SMILES string of the molecule is N[C@@](O)(CF)c1cc(C=O)ccc1O. The maximum Gasteiger partial charge on any atom is 0.172 e.